The summed E-state index contributed by atoms with van der Waals surface area (Å²) in [6.07, 6.45) is 2.72. The number of carbonyl (C=O) groups excluding carboxylic acids is 1. The molecule has 0 radical (unpaired) electrons. The molecular weight excluding hydrogens is 429 g/mol. The molecule has 4 nitrogen and oxygen atoms in total. The van der Waals surface area contributed by atoms with Crippen LogP contribution < -0.4 is 10.1 Å². The van der Waals surface area contributed by atoms with Crippen LogP contribution in [0.2, 0.25) is 10.0 Å². The number of carbonyl (C=O) groups is 1. The van der Waals surface area contributed by atoms with Crippen molar-refractivity contribution in [1.82, 2.24) is 4.98 Å². The summed E-state index contributed by atoms with van der Waals surface area (Å²) >= 11 is 13.4. The minimum absolute atomic E-state index is 0.0164. The SMILES string of the molecule is O=C(Nc1c(Cl)cncc1Cl)c1ccc(OC(F)F)c2sc3ccccc3c12. The highest BCUT2D eigenvalue weighted by Crippen LogP contribution is 2.42. The number of ether oxygens (including phenoxy) is 1. The van der Waals surface area contributed by atoms with E-state index in [0.29, 0.717) is 10.1 Å². The number of nitrogens with zero attached hydrogens (tertiary/aromatic N) is 1. The van der Waals surface area contributed by atoms with Crippen molar-refractivity contribution in [3.8, 4) is 5.75 Å². The van der Waals surface area contributed by atoms with Crippen LogP contribution in [0.25, 0.3) is 20.2 Å². The number of halogens is 4. The van der Waals surface area contributed by atoms with Gasteiger partial charge in [0.25, 0.3) is 5.91 Å². The lowest BCUT2D eigenvalue weighted by Gasteiger charge is -2.11. The van der Waals surface area contributed by atoms with Gasteiger partial charge in [0.05, 0.1) is 20.4 Å². The molecule has 0 unspecified atom stereocenters. The molecule has 28 heavy (non-hydrogen) atoms. The minimum atomic E-state index is -2.97. The Bertz CT molecular complexity index is 1190. The first-order chi connectivity index (χ1) is 13.5. The quantitative estimate of drug-likeness (QED) is 0.389. The maximum atomic E-state index is 13.0. The van der Waals surface area contributed by atoms with Crippen molar-refractivity contribution in [2.75, 3.05) is 5.32 Å². The van der Waals surface area contributed by atoms with Gasteiger partial charge < -0.3 is 10.1 Å². The number of aromatic nitrogens is 1. The molecule has 0 spiro atoms. The summed E-state index contributed by atoms with van der Waals surface area (Å²) in [4.78, 5) is 16.8. The zero-order valence-electron chi connectivity index (χ0n) is 13.9. The van der Waals surface area contributed by atoms with Gasteiger partial charge >= 0.3 is 6.61 Å². The fourth-order valence-corrected chi connectivity index (χ4v) is 4.54. The number of anilines is 1. The molecule has 2 aromatic carbocycles. The third-order valence-electron chi connectivity index (χ3n) is 4.04. The Labute approximate surface area is 171 Å². The van der Waals surface area contributed by atoms with Crippen molar-refractivity contribution in [2.24, 2.45) is 0 Å². The zero-order chi connectivity index (χ0) is 19.8. The fraction of sp³-hybridized carbons (Fsp3) is 0.0526. The molecule has 9 heteroatoms. The molecule has 0 aliphatic rings. The van der Waals surface area contributed by atoms with E-state index in [4.69, 9.17) is 23.2 Å². The molecule has 0 aliphatic carbocycles. The van der Waals surface area contributed by atoms with E-state index in [2.05, 4.69) is 15.0 Å². The first-order valence-corrected chi connectivity index (χ1v) is 9.52. The molecule has 142 valence electrons. The van der Waals surface area contributed by atoms with Gasteiger partial charge in [0.2, 0.25) is 0 Å². The van der Waals surface area contributed by atoms with Gasteiger partial charge in [-0.15, -0.1) is 11.3 Å². The summed E-state index contributed by atoms with van der Waals surface area (Å²) in [5, 5.41) is 4.33. The molecule has 0 atom stereocenters. The lowest BCUT2D eigenvalue weighted by Crippen LogP contribution is -2.13. The number of benzene rings is 2. The Morgan fingerprint density at radius 3 is 2.54 bits per heavy atom. The lowest BCUT2D eigenvalue weighted by molar-refractivity contribution is -0.0486. The molecule has 2 heterocycles. The highest BCUT2D eigenvalue weighted by atomic mass is 35.5. The third kappa shape index (κ3) is 3.37. The van der Waals surface area contributed by atoms with E-state index in [-0.39, 0.29) is 27.0 Å². The summed E-state index contributed by atoms with van der Waals surface area (Å²) in [5.41, 5.74) is 0.516. The van der Waals surface area contributed by atoms with E-state index >= 15 is 0 Å². The average Bonchev–Trinajstić information content (AvgIpc) is 3.05. The van der Waals surface area contributed by atoms with Crippen molar-refractivity contribution in [2.45, 2.75) is 6.61 Å². The Morgan fingerprint density at radius 2 is 1.82 bits per heavy atom. The van der Waals surface area contributed by atoms with Gasteiger partial charge in [-0.05, 0) is 18.2 Å². The largest absolute Gasteiger partial charge is 0.433 e. The predicted octanol–water partition coefficient (Wildman–Crippen LogP) is 6.61. The molecule has 2 aromatic heterocycles. The second-order valence-electron chi connectivity index (χ2n) is 5.72. The van der Waals surface area contributed by atoms with E-state index in [9.17, 15) is 13.6 Å². The molecule has 4 rings (SSSR count). The van der Waals surface area contributed by atoms with Crippen LogP contribution >= 0.6 is 34.5 Å². The zero-order valence-corrected chi connectivity index (χ0v) is 16.2. The number of amides is 1. The smallest absolute Gasteiger partial charge is 0.387 e. The molecule has 0 bridgehead atoms. The number of rotatable bonds is 4. The molecule has 4 aromatic rings. The molecule has 1 N–H and O–H groups in total. The number of fused-ring (bicyclic) bond motifs is 3. The number of hydrogen-bond donors (Lipinski definition) is 1. The highest BCUT2D eigenvalue weighted by molar-refractivity contribution is 7.26. The van der Waals surface area contributed by atoms with Gasteiger partial charge in [-0.1, -0.05) is 41.4 Å². The van der Waals surface area contributed by atoms with E-state index in [1.807, 2.05) is 24.3 Å². The van der Waals surface area contributed by atoms with Crippen LogP contribution in [0.5, 0.6) is 5.75 Å². The molecule has 0 aliphatic heterocycles. The third-order valence-corrected chi connectivity index (χ3v) is 5.80. The second-order valence-corrected chi connectivity index (χ2v) is 7.59. The number of thiophene rings is 1. The van der Waals surface area contributed by atoms with Gasteiger partial charge in [-0.2, -0.15) is 8.78 Å². The van der Waals surface area contributed by atoms with Crippen LogP contribution in [0.3, 0.4) is 0 Å². The first kappa shape index (κ1) is 18.9. The van der Waals surface area contributed by atoms with Crippen molar-refractivity contribution >= 4 is 66.3 Å². The monoisotopic (exact) mass is 438 g/mol. The van der Waals surface area contributed by atoms with Crippen LogP contribution in [0, 0.1) is 0 Å². The van der Waals surface area contributed by atoms with Crippen molar-refractivity contribution in [3.63, 3.8) is 0 Å². The summed E-state index contributed by atoms with van der Waals surface area (Å²) in [5.74, 6) is -0.463. The molecular formula is C19H10Cl2F2N2O2S. The van der Waals surface area contributed by atoms with Gasteiger partial charge in [0.1, 0.15) is 5.75 Å². The van der Waals surface area contributed by atoms with Crippen LogP contribution in [0.1, 0.15) is 10.4 Å². The summed E-state index contributed by atoms with van der Waals surface area (Å²) in [6.45, 7) is -2.97. The van der Waals surface area contributed by atoms with Crippen LogP contribution in [0.4, 0.5) is 14.5 Å². The maximum Gasteiger partial charge on any atom is 0.387 e. The van der Waals surface area contributed by atoms with E-state index in [0.717, 1.165) is 10.1 Å². The van der Waals surface area contributed by atoms with Gasteiger partial charge in [0.15, 0.2) is 0 Å². The Kier molecular flexibility index (Phi) is 5.05. The fourth-order valence-electron chi connectivity index (χ4n) is 2.89. The summed E-state index contributed by atoms with van der Waals surface area (Å²) in [7, 11) is 0. The summed E-state index contributed by atoms with van der Waals surface area (Å²) < 4.78 is 31.6. The molecule has 0 saturated carbocycles. The van der Waals surface area contributed by atoms with Gasteiger partial charge in [-0.25, -0.2) is 0 Å². The molecule has 0 saturated heterocycles. The second kappa shape index (κ2) is 7.50. The average molecular weight is 439 g/mol. The van der Waals surface area contributed by atoms with Gasteiger partial charge in [-0.3, -0.25) is 9.78 Å². The van der Waals surface area contributed by atoms with E-state index in [1.54, 1.807) is 0 Å². The standard InChI is InChI=1S/C19H10Cl2F2N2O2S/c20-11-7-24-8-12(21)16(11)25-18(26)10-5-6-13(27-19(22)23)17-15(10)9-3-1-2-4-14(9)28-17/h1-8,19H,(H,24,25,26). The maximum absolute atomic E-state index is 13.0. The topological polar surface area (TPSA) is 51.2 Å². The number of pyridine rings is 1. The minimum Gasteiger partial charge on any atom is -0.433 e. The Hall–Kier alpha value is -2.48. The normalized spacial score (nSPS) is 11.3. The van der Waals surface area contributed by atoms with Crippen LogP contribution in [-0.2, 0) is 0 Å². The number of nitrogens with one attached hydrogen (secondary N) is 1. The Morgan fingerprint density at radius 1 is 1.11 bits per heavy atom. The summed E-state index contributed by atoms with van der Waals surface area (Å²) in [6, 6.07) is 10.1. The van der Waals surface area contributed by atoms with Crippen molar-refractivity contribution in [1.29, 1.82) is 0 Å². The lowest BCUT2D eigenvalue weighted by atomic mass is 10.0. The number of hydrogen-bond acceptors (Lipinski definition) is 4. The van der Waals surface area contributed by atoms with E-state index in [1.165, 1.54) is 35.9 Å². The molecule has 0 fully saturated rings. The predicted molar refractivity (Wildman–Crippen MR) is 108 cm³/mol. The number of alkyl halides is 2. The van der Waals surface area contributed by atoms with Crippen LogP contribution in [0.15, 0.2) is 48.8 Å². The highest BCUT2D eigenvalue weighted by Gasteiger charge is 2.21. The molecule has 1 amide bonds. The van der Waals surface area contributed by atoms with Gasteiger partial charge in [0, 0.05) is 33.4 Å². The Balaban J connectivity index is 1.88. The van der Waals surface area contributed by atoms with Crippen LogP contribution in [-0.4, -0.2) is 17.5 Å². The first-order valence-electron chi connectivity index (χ1n) is 7.95. The van der Waals surface area contributed by atoms with Crippen molar-refractivity contribution in [3.05, 3.63) is 64.4 Å². The van der Waals surface area contributed by atoms with E-state index < -0.39 is 12.5 Å². The van der Waals surface area contributed by atoms with Crippen molar-refractivity contribution < 1.29 is 18.3 Å².